The maximum Gasteiger partial charge on any atom is 0.123 e. The molecule has 2 heterocycles. The SMILES string of the molecule is COc1ccc(OC)c(CN2CCN3CCC[C@H]3[C@@H]2C2CCCCC2)c1. The molecule has 0 radical (unpaired) electrons. The Labute approximate surface area is 158 Å². The number of hydrogen-bond acceptors (Lipinski definition) is 4. The van der Waals surface area contributed by atoms with Crippen LogP contribution in [0.1, 0.15) is 50.5 Å². The minimum atomic E-state index is 0.711. The monoisotopic (exact) mass is 358 g/mol. The van der Waals surface area contributed by atoms with Crippen LogP contribution in [0.2, 0.25) is 0 Å². The van der Waals surface area contributed by atoms with Crippen molar-refractivity contribution in [2.75, 3.05) is 33.9 Å². The molecule has 1 saturated carbocycles. The van der Waals surface area contributed by atoms with Gasteiger partial charge in [0.1, 0.15) is 11.5 Å². The van der Waals surface area contributed by atoms with Crippen LogP contribution in [0.5, 0.6) is 11.5 Å². The molecular formula is C22H34N2O2. The van der Waals surface area contributed by atoms with E-state index in [1.165, 1.54) is 70.1 Å². The van der Waals surface area contributed by atoms with E-state index in [1.807, 2.05) is 6.07 Å². The summed E-state index contributed by atoms with van der Waals surface area (Å²) in [6.45, 7) is 4.69. The zero-order valence-corrected chi connectivity index (χ0v) is 16.5. The molecule has 4 rings (SSSR count). The summed E-state index contributed by atoms with van der Waals surface area (Å²) in [4.78, 5) is 5.55. The molecule has 4 heteroatoms. The lowest BCUT2D eigenvalue weighted by molar-refractivity contribution is -0.00414. The van der Waals surface area contributed by atoms with Crippen LogP contribution in [0.15, 0.2) is 18.2 Å². The van der Waals surface area contributed by atoms with Crippen LogP contribution in [-0.2, 0) is 6.54 Å². The number of benzene rings is 1. The van der Waals surface area contributed by atoms with Gasteiger partial charge in [0.15, 0.2) is 0 Å². The van der Waals surface area contributed by atoms with Gasteiger partial charge in [0.25, 0.3) is 0 Å². The van der Waals surface area contributed by atoms with Gasteiger partial charge in [0, 0.05) is 37.3 Å². The van der Waals surface area contributed by atoms with Crippen molar-refractivity contribution in [3.05, 3.63) is 23.8 Å². The normalized spacial score (nSPS) is 28.1. The van der Waals surface area contributed by atoms with E-state index >= 15 is 0 Å². The van der Waals surface area contributed by atoms with Gasteiger partial charge in [-0.25, -0.2) is 0 Å². The molecule has 3 fully saturated rings. The average Bonchev–Trinajstić information content (AvgIpc) is 3.17. The Bertz CT molecular complexity index is 600. The molecule has 3 aliphatic rings. The molecule has 1 aromatic carbocycles. The van der Waals surface area contributed by atoms with Gasteiger partial charge in [-0.1, -0.05) is 19.3 Å². The van der Waals surface area contributed by atoms with Crippen LogP contribution in [0.4, 0.5) is 0 Å². The number of ether oxygens (including phenoxy) is 2. The molecule has 2 aliphatic heterocycles. The highest BCUT2D eigenvalue weighted by Crippen LogP contribution is 2.39. The summed E-state index contributed by atoms with van der Waals surface area (Å²) in [7, 11) is 3.52. The fourth-order valence-electron chi connectivity index (χ4n) is 5.66. The summed E-state index contributed by atoms with van der Waals surface area (Å²) in [6, 6.07) is 7.69. The Kier molecular flexibility index (Phi) is 5.70. The number of methoxy groups -OCH3 is 2. The first kappa shape index (κ1) is 18.1. The van der Waals surface area contributed by atoms with Gasteiger partial charge in [-0.3, -0.25) is 9.80 Å². The van der Waals surface area contributed by atoms with Gasteiger partial charge < -0.3 is 9.47 Å². The molecule has 2 saturated heterocycles. The summed E-state index contributed by atoms with van der Waals surface area (Å²) < 4.78 is 11.1. The number of fused-ring (bicyclic) bond motifs is 1. The van der Waals surface area contributed by atoms with Crippen molar-refractivity contribution in [3.63, 3.8) is 0 Å². The lowest BCUT2D eigenvalue weighted by atomic mass is 9.78. The second-order valence-corrected chi connectivity index (χ2v) is 8.28. The predicted octanol–water partition coefficient (Wildman–Crippen LogP) is 3.93. The van der Waals surface area contributed by atoms with Gasteiger partial charge in [-0.05, 0) is 56.3 Å². The van der Waals surface area contributed by atoms with Gasteiger partial charge in [-0.2, -0.15) is 0 Å². The lowest BCUT2D eigenvalue weighted by Crippen LogP contribution is -2.59. The maximum atomic E-state index is 5.66. The van der Waals surface area contributed by atoms with Gasteiger partial charge in [0.05, 0.1) is 14.2 Å². The first-order valence-corrected chi connectivity index (χ1v) is 10.5. The second kappa shape index (κ2) is 8.18. The lowest BCUT2D eigenvalue weighted by Gasteiger charge is -2.49. The molecule has 0 N–H and O–H groups in total. The van der Waals surface area contributed by atoms with E-state index in [0.29, 0.717) is 6.04 Å². The minimum Gasteiger partial charge on any atom is -0.497 e. The van der Waals surface area contributed by atoms with Crippen LogP contribution in [-0.4, -0.2) is 55.7 Å². The molecule has 0 aromatic heterocycles. The third kappa shape index (κ3) is 3.59. The predicted molar refractivity (Wildman–Crippen MR) is 105 cm³/mol. The van der Waals surface area contributed by atoms with Crippen LogP contribution in [0.25, 0.3) is 0 Å². The van der Waals surface area contributed by atoms with E-state index in [2.05, 4.69) is 21.9 Å². The molecule has 4 nitrogen and oxygen atoms in total. The molecule has 0 spiro atoms. The van der Waals surface area contributed by atoms with E-state index in [9.17, 15) is 0 Å². The second-order valence-electron chi connectivity index (χ2n) is 8.28. The largest absolute Gasteiger partial charge is 0.497 e. The maximum absolute atomic E-state index is 5.66. The standard InChI is InChI=1S/C22H34N2O2/c1-25-19-10-11-21(26-2)18(15-19)16-24-14-13-23-12-6-9-20(23)22(24)17-7-4-3-5-8-17/h10-11,15,17,20,22H,3-9,12-14,16H2,1-2H3/t20-,22-/m0/s1. The molecule has 1 aromatic rings. The molecule has 2 atom stereocenters. The Hall–Kier alpha value is -1.26. The van der Waals surface area contributed by atoms with Crippen molar-refractivity contribution >= 4 is 0 Å². The van der Waals surface area contributed by atoms with E-state index < -0.39 is 0 Å². The van der Waals surface area contributed by atoms with Crippen molar-refractivity contribution < 1.29 is 9.47 Å². The number of piperazine rings is 1. The summed E-state index contributed by atoms with van der Waals surface area (Å²) in [6.07, 6.45) is 9.87. The van der Waals surface area contributed by atoms with Crippen LogP contribution in [0.3, 0.4) is 0 Å². The Morgan fingerprint density at radius 3 is 2.54 bits per heavy atom. The Balaban J connectivity index is 1.59. The van der Waals surface area contributed by atoms with E-state index in [1.54, 1.807) is 14.2 Å². The molecular weight excluding hydrogens is 324 g/mol. The molecule has 26 heavy (non-hydrogen) atoms. The van der Waals surface area contributed by atoms with Crippen molar-refractivity contribution in [2.45, 2.75) is 63.6 Å². The summed E-state index contributed by atoms with van der Waals surface area (Å²) in [5, 5.41) is 0. The Morgan fingerprint density at radius 1 is 0.923 bits per heavy atom. The highest BCUT2D eigenvalue weighted by atomic mass is 16.5. The zero-order chi connectivity index (χ0) is 17.9. The van der Waals surface area contributed by atoms with Crippen molar-refractivity contribution in [1.29, 1.82) is 0 Å². The van der Waals surface area contributed by atoms with Crippen LogP contribution >= 0.6 is 0 Å². The third-order valence-corrected chi connectivity index (χ3v) is 6.90. The zero-order valence-electron chi connectivity index (χ0n) is 16.5. The molecule has 0 amide bonds. The van der Waals surface area contributed by atoms with Crippen molar-refractivity contribution in [2.24, 2.45) is 5.92 Å². The molecule has 1 aliphatic carbocycles. The summed E-state index contributed by atoms with van der Waals surface area (Å²) in [5.74, 6) is 2.78. The number of nitrogens with zero attached hydrogens (tertiary/aromatic N) is 2. The third-order valence-electron chi connectivity index (χ3n) is 6.90. The van der Waals surface area contributed by atoms with Gasteiger partial charge in [0.2, 0.25) is 0 Å². The highest BCUT2D eigenvalue weighted by molar-refractivity contribution is 5.40. The van der Waals surface area contributed by atoms with Crippen LogP contribution < -0.4 is 9.47 Å². The fraction of sp³-hybridized carbons (Fsp3) is 0.727. The molecule has 144 valence electrons. The summed E-state index contributed by atoms with van der Waals surface area (Å²) >= 11 is 0. The smallest absolute Gasteiger partial charge is 0.123 e. The first-order valence-electron chi connectivity index (χ1n) is 10.5. The van der Waals surface area contributed by atoms with Crippen molar-refractivity contribution in [1.82, 2.24) is 9.80 Å². The average molecular weight is 359 g/mol. The first-order chi connectivity index (χ1) is 12.8. The van der Waals surface area contributed by atoms with Gasteiger partial charge in [-0.15, -0.1) is 0 Å². The van der Waals surface area contributed by atoms with E-state index in [0.717, 1.165) is 30.0 Å². The highest BCUT2D eigenvalue weighted by Gasteiger charge is 2.43. The number of rotatable bonds is 5. The fourth-order valence-corrected chi connectivity index (χ4v) is 5.66. The van der Waals surface area contributed by atoms with Crippen molar-refractivity contribution in [3.8, 4) is 11.5 Å². The Morgan fingerprint density at radius 2 is 1.77 bits per heavy atom. The number of hydrogen-bond donors (Lipinski definition) is 0. The topological polar surface area (TPSA) is 24.9 Å². The molecule has 0 unspecified atom stereocenters. The van der Waals surface area contributed by atoms with E-state index in [-0.39, 0.29) is 0 Å². The van der Waals surface area contributed by atoms with E-state index in [4.69, 9.17) is 9.47 Å². The van der Waals surface area contributed by atoms with Crippen LogP contribution in [0, 0.1) is 5.92 Å². The molecule has 0 bridgehead atoms. The quantitative estimate of drug-likeness (QED) is 0.796. The summed E-state index contributed by atoms with van der Waals surface area (Å²) in [5.41, 5.74) is 1.26. The minimum absolute atomic E-state index is 0.711. The van der Waals surface area contributed by atoms with Gasteiger partial charge >= 0.3 is 0 Å².